The van der Waals surface area contributed by atoms with Crippen LogP contribution < -0.4 is 0 Å². The molecule has 0 N–H and O–H groups in total. The topological polar surface area (TPSA) is 54.3 Å². The summed E-state index contributed by atoms with van der Waals surface area (Å²) in [5.41, 5.74) is 3.69. The number of aromatic nitrogens is 3. The van der Waals surface area contributed by atoms with Crippen LogP contribution in [0.5, 0.6) is 0 Å². The number of thiazole rings is 1. The van der Waals surface area contributed by atoms with E-state index in [0.29, 0.717) is 17.8 Å². The van der Waals surface area contributed by atoms with E-state index in [1.165, 1.54) is 12.1 Å². The minimum Gasteiger partial charge on any atom is -0.336 e. The van der Waals surface area contributed by atoms with Crippen LogP contribution in [0.1, 0.15) is 48.4 Å². The lowest BCUT2D eigenvalue weighted by Crippen LogP contribution is -2.25. The monoisotopic (exact) mass is 463 g/mol. The third-order valence-corrected chi connectivity index (χ3v) is 6.17. The maximum absolute atomic E-state index is 13.8. The van der Waals surface area contributed by atoms with Gasteiger partial charge in [0.2, 0.25) is 0 Å². The fourth-order valence-corrected chi connectivity index (χ4v) is 4.75. The molecule has 166 valence electrons. The second-order valence-corrected chi connectivity index (χ2v) is 8.51. The molecular weight excluding hydrogens is 437 g/mol. The van der Waals surface area contributed by atoms with Crippen molar-refractivity contribution in [3.05, 3.63) is 52.7 Å². The maximum atomic E-state index is 13.8. The second-order valence-electron chi connectivity index (χ2n) is 7.65. The summed E-state index contributed by atoms with van der Waals surface area (Å²) in [4.78, 5) is 26.2. The van der Waals surface area contributed by atoms with Crippen LogP contribution in [0, 0.1) is 5.82 Å². The average molecular weight is 464 g/mol. The summed E-state index contributed by atoms with van der Waals surface area (Å²) >= 11 is 1.57. The van der Waals surface area contributed by atoms with Gasteiger partial charge in [0, 0.05) is 19.0 Å². The van der Waals surface area contributed by atoms with Crippen molar-refractivity contribution in [1.29, 1.82) is 0 Å². The first-order valence-electron chi connectivity index (χ1n) is 10.3. The molecule has 2 aromatic heterocycles. The zero-order valence-electron chi connectivity index (χ0n) is 18.0. The van der Waals surface area contributed by atoms with Crippen LogP contribution in [0.15, 0.2) is 29.9 Å². The van der Waals surface area contributed by atoms with E-state index in [4.69, 9.17) is 4.98 Å². The highest BCUT2D eigenvalue weighted by atomic mass is 35.5. The van der Waals surface area contributed by atoms with Gasteiger partial charge in [0.1, 0.15) is 22.8 Å². The number of carbonyl (C=O) groups excluding carboxylic acids is 1. The predicted octanol–water partition coefficient (Wildman–Crippen LogP) is 4.76. The number of fused-ring (bicyclic) bond motifs is 3. The van der Waals surface area contributed by atoms with Crippen LogP contribution in [0.25, 0.3) is 16.4 Å². The third-order valence-electron chi connectivity index (χ3n) is 5.27. The Balaban J connectivity index is 0.00000272. The Bertz CT molecular complexity index is 1060. The van der Waals surface area contributed by atoms with Gasteiger partial charge in [-0.2, -0.15) is 0 Å². The Hall–Kier alpha value is -2.29. The second kappa shape index (κ2) is 9.89. The first kappa shape index (κ1) is 23.4. The van der Waals surface area contributed by atoms with Gasteiger partial charge < -0.3 is 4.90 Å². The van der Waals surface area contributed by atoms with Gasteiger partial charge in [-0.3, -0.25) is 14.3 Å². The van der Waals surface area contributed by atoms with Crippen molar-refractivity contribution in [1.82, 2.24) is 24.3 Å². The van der Waals surface area contributed by atoms with E-state index in [0.717, 1.165) is 54.6 Å². The summed E-state index contributed by atoms with van der Waals surface area (Å²) in [6.45, 7) is 7.71. The van der Waals surface area contributed by atoms with Crippen molar-refractivity contribution in [3.8, 4) is 16.4 Å². The Morgan fingerprint density at radius 1 is 1.23 bits per heavy atom. The number of halogens is 2. The molecule has 0 fully saturated rings. The molecule has 1 aromatic carbocycles. The molecule has 0 unspecified atom stereocenters. The predicted molar refractivity (Wildman–Crippen MR) is 124 cm³/mol. The number of amides is 1. The first-order valence-corrected chi connectivity index (χ1v) is 11.2. The van der Waals surface area contributed by atoms with E-state index in [1.807, 2.05) is 4.57 Å². The molecule has 0 radical (unpaired) electrons. The smallest absolute Gasteiger partial charge is 0.256 e. The average Bonchev–Trinajstić information content (AvgIpc) is 3.32. The molecule has 31 heavy (non-hydrogen) atoms. The van der Waals surface area contributed by atoms with Gasteiger partial charge in [-0.05, 0) is 44.1 Å². The summed E-state index contributed by atoms with van der Waals surface area (Å²) < 4.78 is 15.7. The van der Waals surface area contributed by atoms with Gasteiger partial charge in [-0.25, -0.2) is 14.4 Å². The molecule has 1 aliphatic rings. The molecule has 6 nitrogen and oxygen atoms in total. The molecule has 0 saturated carbocycles. The van der Waals surface area contributed by atoms with Gasteiger partial charge in [-0.1, -0.05) is 13.8 Å². The molecule has 9 heteroatoms. The molecule has 0 saturated heterocycles. The van der Waals surface area contributed by atoms with Crippen molar-refractivity contribution in [2.45, 2.75) is 39.8 Å². The van der Waals surface area contributed by atoms with Crippen molar-refractivity contribution in [2.24, 2.45) is 0 Å². The number of benzene rings is 1. The Kier molecular flexibility index (Phi) is 7.46. The minimum atomic E-state index is -0.424. The van der Waals surface area contributed by atoms with Crippen LogP contribution in [-0.2, 0) is 13.1 Å². The fourth-order valence-electron chi connectivity index (χ4n) is 3.92. The van der Waals surface area contributed by atoms with Crippen LogP contribution in [0.2, 0.25) is 0 Å². The molecule has 0 aliphatic carbocycles. The molecule has 0 bridgehead atoms. The maximum Gasteiger partial charge on any atom is 0.256 e. The molecule has 1 amide bonds. The van der Waals surface area contributed by atoms with Gasteiger partial charge >= 0.3 is 0 Å². The summed E-state index contributed by atoms with van der Waals surface area (Å²) in [6.07, 6.45) is 3.94. The molecule has 1 aliphatic heterocycles. The SMILES string of the molecule is CCCN(CCC)Cc1csc(-c2ncn3c2CN(C)C(=O)c2cc(F)ccc2-3)n1.Cl. The Morgan fingerprint density at radius 3 is 2.68 bits per heavy atom. The molecule has 3 heterocycles. The lowest BCUT2D eigenvalue weighted by Gasteiger charge is -2.19. The lowest BCUT2D eigenvalue weighted by molar-refractivity contribution is 0.0787. The Morgan fingerprint density at radius 2 is 1.97 bits per heavy atom. The van der Waals surface area contributed by atoms with E-state index in [9.17, 15) is 9.18 Å². The van der Waals surface area contributed by atoms with Crippen LogP contribution in [0.4, 0.5) is 4.39 Å². The van der Waals surface area contributed by atoms with E-state index in [2.05, 4.69) is 29.1 Å². The van der Waals surface area contributed by atoms with E-state index >= 15 is 0 Å². The van der Waals surface area contributed by atoms with E-state index in [1.54, 1.807) is 35.7 Å². The summed E-state index contributed by atoms with van der Waals surface area (Å²) in [7, 11) is 1.73. The van der Waals surface area contributed by atoms with Crippen molar-refractivity contribution in [3.63, 3.8) is 0 Å². The summed E-state index contributed by atoms with van der Waals surface area (Å²) in [6, 6.07) is 4.30. The lowest BCUT2D eigenvalue weighted by atomic mass is 10.1. The number of carbonyl (C=O) groups is 1. The van der Waals surface area contributed by atoms with Gasteiger partial charge in [0.25, 0.3) is 5.91 Å². The molecule has 4 rings (SSSR count). The number of nitrogens with zero attached hydrogens (tertiary/aromatic N) is 5. The molecule has 3 aromatic rings. The largest absolute Gasteiger partial charge is 0.336 e. The molecule has 0 spiro atoms. The fraction of sp³-hybridized carbons (Fsp3) is 0.409. The highest BCUT2D eigenvalue weighted by Gasteiger charge is 2.28. The standard InChI is InChI=1S/C22H26FN5OS.ClH/c1-4-8-27(9-5-2)11-16-13-30-21(25-16)20-19-12-26(3)22(29)17-10-15(23)6-7-18(17)28(19)14-24-20;/h6-7,10,13-14H,4-5,8-9,11-12H2,1-3H3;1H. The summed E-state index contributed by atoms with van der Waals surface area (Å²) in [5.74, 6) is -0.624. The number of hydrogen-bond donors (Lipinski definition) is 0. The Labute approximate surface area is 192 Å². The van der Waals surface area contributed by atoms with Gasteiger partial charge in [0.05, 0.1) is 29.2 Å². The quantitative estimate of drug-likeness (QED) is 0.506. The van der Waals surface area contributed by atoms with Crippen LogP contribution in [0.3, 0.4) is 0 Å². The molecule has 0 atom stereocenters. The van der Waals surface area contributed by atoms with Crippen LogP contribution >= 0.6 is 23.7 Å². The van der Waals surface area contributed by atoms with Crippen molar-refractivity contribution in [2.75, 3.05) is 20.1 Å². The van der Waals surface area contributed by atoms with Crippen LogP contribution in [-0.4, -0.2) is 50.4 Å². The van der Waals surface area contributed by atoms with Gasteiger partial charge in [-0.15, -0.1) is 23.7 Å². The zero-order chi connectivity index (χ0) is 21.3. The van der Waals surface area contributed by atoms with E-state index < -0.39 is 5.82 Å². The normalized spacial score (nSPS) is 13.1. The van der Waals surface area contributed by atoms with E-state index in [-0.39, 0.29) is 18.3 Å². The number of rotatable bonds is 7. The van der Waals surface area contributed by atoms with Crippen molar-refractivity contribution >= 4 is 29.7 Å². The highest BCUT2D eigenvalue weighted by Crippen LogP contribution is 2.32. The van der Waals surface area contributed by atoms with Gasteiger partial charge in [0.15, 0.2) is 0 Å². The van der Waals surface area contributed by atoms with Crippen molar-refractivity contribution < 1.29 is 9.18 Å². The first-order chi connectivity index (χ1) is 14.5. The molecular formula is C22H27ClFN5OS. The highest BCUT2D eigenvalue weighted by molar-refractivity contribution is 7.13. The summed E-state index contributed by atoms with van der Waals surface area (Å²) in [5, 5.41) is 2.94. The number of hydrogen-bond acceptors (Lipinski definition) is 5. The number of imidazole rings is 1. The zero-order valence-corrected chi connectivity index (χ0v) is 19.6. The minimum absolute atomic E-state index is 0. The third kappa shape index (κ3) is 4.66.